The van der Waals surface area contributed by atoms with Crippen LogP contribution < -0.4 is 5.73 Å². The van der Waals surface area contributed by atoms with Crippen molar-refractivity contribution in [1.29, 1.82) is 0 Å². The van der Waals surface area contributed by atoms with Gasteiger partial charge >= 0.3 is 0 Å². The van der Waals surface area contributed by atoms with E-state index in [2.05, 4.69) is 15.0 Å². The third-order valence-electron chi connectivity index (χ3n) is 4.19. The molecule has 3 heterocycles. The van der Waals surface area contributed by atoms with Crippen LogP contribution in [0.1, 0.15) is 11.3 Å². The molecule has 0 saturated carbocycles. The maximum absolute atomic E-state index is 6.14. The second-order valence-electron chi connectivity index (χ2n) is 6.30. The van der Waals surface area contributed by atoms with Gasteiger partial charge in [0.2, 0.25) is 5.95 Å². The first-order chi connectivity index (χ1) is 13.0. The summed E-state index contributed by atoms with van der Waals surface area (Å²) in [6.45, 7) is 3.92. The summed E-state index contributed by atoms with van der Waals surface area (Å²) in [4.78, 5) is 17.8. The molecular weight excluding hydrogens is 360 g/mol. The number of hydrogen-bond acceptors (Lipinski definition) is 5. The average molecular weight is 377 g/mol. The second-order valence-corrected chi connectivity index (χ2v) is 6.70. The van der Waals surface area contributed by atoms with E-state index < -0.39 is 0 Å². The van der Waals surface area contributed by atoms with Gasteiger partial charge in [-0.15, -0.1) is 0 Å². The Morgan fingerprint density at radius 2 is 1.74 bits per heavy atom. The van der Waals surface area contributed by atoms with E-state index >= 15 is 0 Å². The van der Waals surface area contributed by atoms with Crippen molar-refractivity contribution >= 4 is 17.4 Å². The Morgan fingerprint density at radius 1 is 0.926 bits per heavy atom. The number of nitrogen functional groups attached to an aromatic ring is 1. The molecule has 0 aliphatic heterocycles. The summed E-state index contributed by atoms with van der Waals surface area (Å²) in [6.07, 6.45) is 5.26. The molecule has 0 fully saturated rings. The van der Waals surface area contributed by atoms with Crippen LogP contribution in [0.15, 0.2) is 55.1 Å². The van der Waals surface area contributed by atoms with Gasteiger partial charge in [-0.25, -0.2) is 19.9 Å². The number of anilines is 1. The second kappa shape index (κ2) is 6.81. The molecule has 0 bridgehead atoms. The molecule has 4 aromatic rings. The summed E-state index contributed by atoms with van der Waals surface area (Å²) < 4.78 is 1.80. The number of halogens is 1. The van der Waals surface area contributed by atoms with E-state index in [1.807, 2.05) is 50.4 Å². The Morgan fingerprint density at radius 3 is 2.48 bits per heavy atom. The Bertz CT molecular complexity index is 1120. The Labute approximate surface area is 161 Å². The SMILES string of the molecule is Cc1cc(-c2ccc(Cl)c(C)c2)nc(-n2cnc(-c3ccc(N)nc3)c2)n1. The minimum atomic E-state index is 0.475. The van der Waals surface area contributed by atoms with Crippen molar-refractivity contribution in [2.24, 2.45) is 0 Å². The van der Waals surface area contributed by atoms with E-state index in [4.69, 9.17) is 22.3 Å². The molecule has 0 saturated heterocycles. The van der Waals surface area contributed by atoms with E-state index in [0.29, 0.717) is 11.8 Å². The van der Waals surface area contributed by atoms with Gasteiger partial charge < -0.3 is 5.73 Å². The van der Waals surface area contributed by atoms with Crippen LogP contribution >= 0.6 is 11.6 Å². The molecule has 27 heavy (non-hydrogen) atoms. The number of aromatic nitrogens is 5. The molecule has 4 rings (SSSR count). The quantitative estimate of drug-likeness (QED) is 0.578. The lowest BCUT2D eigenvalue weighted by molar-refractivity contribution is 0.912. The van der Waals surface area contributed by atoms with Crippen LogP contribution in [0, 0.1) is 13.8 Å². The van der Waals surface area contributed by atoms with Crippen LogP contribution in [-0.2, 0) is 0 Å². The van der Waals surface area contributed by atoms with Crippen LogP contribution in [0.4, 0.5) is 5.82 Å². The van der Waals surface area contributed by atoms with Gasteiger partial charge in [0.15, 0.2) is 0 Å². The number of hydrogen-bond donors (Lipinski definition) is 1. The maximum atomic E-state index is 6.14. The van der Waals surface area contributed by atoms with Gasteiger partial charge in [-0.1, -0.05) is 17.7 Å². The highest BCUT2D eigenvalue weighted by atomic mass is 35.5. The molecular formula is C20H17ClN6. The van der Waals surface area contributed by atoms with Crippen LogP contribution in [0.5, 0.6) is 0 Å². The molecule has 6 nitrogen and oxygen atoms in total. The highest BCUT2D eigenvalue weighted by molar-refractivity contribution is 6.31. The normalized spacial score (nSPS) is 10.9. The fourth-order valence-electron chi connectivity index (χ4n) is 2.76. The van der Waals surface area contributed by atoms with Crippen molar-refractivity contribution in [2.75, 3.05) is 5.73 Å². The average Bonchev–Trinajstić information content (AvgIpc) is 3.14. The number of nitrogens with zero attached hydrogens (tertiary/aromatic N) is 5. The zero-order valence-electron chi connectivity index (χ0n) is 14.9. The number of rotatable bonds is 3. The first-order valence-corrected chi connectivity index (χ1v) is 8.76. The minimum absolute atomic E-state index is 0.475. The first-order valence-electron chi connectivity index (χ1n) is 8.38. The van der Waals surface area contributed by atoms with Crippen LogP contribution in [-0.4, -0.2) is 24.5 Å². The lowest BCUT2D eigenvalue weighted by Gasteiger charge is -2.08. The number of aryl methyl sites for hydroxylation is 2. The number of nitrogens with two attached hydrogens (primary N) is 1. The van der Waals surface area contributed by atoms with E-state index in [0.717, 1.165) is 38.8 Å². The molecule has 1 aromatic carbocycles. The highest BCUT2D eigenvalue weighted by Crippen LogP contribution is 2.25. The zero-order valence-corrected chi connectivity index (χ0v) is 15.6. The van der Waals surface area contributed by atoms with Crippen molar-refractivity contribution < 1.29 is 0 Å². The molecule has 2 N–H and O–H groups in total. The fourth-order valence-corrected chi connectivity index (χ4v) is 2.88. The Hall–Kier alpha value is -3.25. The molecule has 0 unspecified atom stereocenters. The van der Waals surface area contributed by atoms with Gasteiger partial charge in [0.05, 0.1) is 11.4 Å². The molecule has 0 aliphatic rings. The summed E-state index contributed by atoms with van der Waals surface area (Å²) in [5, 5.41) is 0.737. The molecule has 0 aliphatic carbocycles. The lowest BCUT2D eigenvalue weighted by Crippen LogP contribution is -2.02. The summed E-state index contributed by atoms with van der Waals surface area (Å²) in [5.41, 5.74) is 11.0. The Balaban J connectivity index is 1.73. The van der Waals surface area contributed by atoms with E-state index in [-0.39, 0.29) is 0 Å². The fraction of sp³-hybridized carbons (Fsp3) is 0.100. The van der Waals surface area contributed by atoms with Crippen LogP contribution in [0.3, 0.4) is 0 Å². The van der Waals surface area contributed by atoms with E-state index in [9.17, 15) is 0 Å². The summed E-state index contributed by atoms with van der Waals surface area (Å²) in [6, 6.07) is 11.4. The Kier molecular flexibility index (Phi) is 4.33. The van der Waals surface area contributed by atoms with Crippen molar-refractivity contribution in [3.05, 3.63) is 71.4 Å². The monoisotopic (exact) mass is 376 g/mol. The smallest absolute Gasteiger partial charge is 0.235 e. The van der Waals surface area contributed by atoms with Crippen molar-refractivity contribution in [2.45, 2.75) is 13.8 Å². The van der Waals surface area contributed by atoms with Crippen molar-refractivity contribution in [3.8, 4) is 28.5 Å². The maximum Gasteiger partial charge on any atom is 0.235 e. The molecule has 0 amide bonds. The highest BCUT2D eigenvalue weighted by Gasteiger charge is 2.10. The molecule has 0 radical (unpaired) electrons. The molecule has 134 valence electrons. The van der Waals surface area contributed by atoms with Gasteiger partial charge in [0.25, 0.3) is 0 Å². The lowest BCUT2D eigenvalue weighted by atomic mass is 10.1. The van der Waals surface area contributed by atoms with Crippen LogP contribution in [0.2, 0.25) is 5.02 Å². The van der Waals surface area contributed by atoms with Gasteiger partial charge in [0.1, 0.15) is 12.1 Å². The van der Waals surface area contributed by atoms with Crippen molar-refractivity contribution in [3.63, 3.8) is 0 Å². The van der Waals surface area contributed by atoms with E-state index in [1.54, 1.807) is 23.2 Å². The van der Waals surface area contributed by atoms with Gasteiger partial charge in [-0.2, -0.15) is 0 Å². The molecule has 3 aromatic heterocycles. The predicted molar refractivity (Wildman–Crippen MR) is 107 cm³/mol. The zero-order chi connectivity index (χ0) is 19.0. The molecule has 0 atom stereocenters. The topological polar surface area (TPSA) is 82.5 Å². The predicted octanol–water partition coefficient (Wildman–Crippen LogP) is 4.24. The summed E-state index contributed by atoms with van der Waals surface area (Å²) >= 11 is 6.14. The molecule has 0 spiro atoms. The summed E-state index contributed by atoms with van der Waals surface area (Å²) in [7, 11) is 0. The third kappa shape index (κ3) is 3.52. The summed E-state index contributed by atoms with van der Waals surface area (Å²) in [5.74, 6) is 1.03. The number of pyridine rings is 1. The van der Waals surface area contributed by atoms with Gasteiger partial charge in [-0.05, 0) is 49.7 Å². The van der Waals surface area contributed by atoms with Crippen molar-refractivity contribution in [1.82, 2.24) is 24.5 Å². The van der Waals surface area contributed by atoms with E-state index in [1.165, 1.54) is 0 Å². The standard InChI is InChI=1S/C20H17ClN6/c1-12-7-14(3-5-16(12)21)17-8-13(2)25-20(26-17)27-10-18(24-11-27)15-4-6-19(22)23-9-15/h3-11H,1-2H3,(H2,22,23). The number of imidazole rings is 1. The first kappa shape index (κ1) is 17.2. The van der Waals surface area contributed by atoms with Gasteiger partial charge in [-0.3, -0.25) is 4.57 Å². The minimum Gasteiger partial charge on any atom is -0.384 e. The van der Waals surface area contributed by atoms with Crippen LogP contribution in [0.25, 0.3) is 28.5 Å². The largest absolute Gasteiger partial charge is 0.384 e. The van der Waals surface area contributed by atoms with Gasteiger partial charge in [0, 0.05) is 34.2 Å². The third-order valence-corrected chi connectivity index (χ3v) is 4.62. The number of benzene rings is 1. The molecule has 7 heteroatoms.